The first-order valence-corrected chi connectivity index (χ1v) is 6.78. The summed E-state index contributed by atoms with van der Waals surface area (Å²) in [5.41, 5.74) is 5.27. The predicted molar refractivity (Wildman–Crippen MR) is 75.6 cm³/mol. The van der Waals surface area contributed by atoms with Gasteiger partial charge in [-0.2, -0.15) is 0 Å². The molecule has 1 aromatic carbocycles. The topological polar surface area (TPSA) is 12.9 Å². The summed E-state index contributed by atoms with van der Waals surface area (Å²) < 4.78 is 0. The van der Waals surface area contributed by atoms with Crippen LogP contribution in [-0.2, 0) is 6.42 Å². The van der Waals surface area contributed by atoms with Crippen LogP contribution in [0, 0.1) is 5.92 Å². The summed E-state index contributed by atoms with van der Waals surface area (Å²) in [6.07, 6.45) is 4.47. The second-order valence-corrected chi connectivity index (χ2v) is 5.58. The average Bonchev–Trinajstić information content (AvgIpc) is 2.39. The van der Waals surface area contributed by atoms with Crippen LogP contribution >= 0.6 is 0 Å². The minimum atomic E-state index is 0.605. The molecule has 0 spiro atoms. The molecule has 2 unspecified atom stereocenters. The molecule has 1 heteroatoms. The van der Waals surface area contributed by atoms with Crippen molar-refractivity contribution in [2.24, 2.45) is 5.92 Å². The van der Waals surface area contributed by atoms with E-state index in [1.165, 1.54) is 35.2 Å². The summed E-state index contributed by atoms with van der Waals surface area (Å²) >= 11 is 0. The van der Waals surface area contributed by atoms with Crippen LogP contribution in [0.4, 0.5) is 0 Å². The molecule has 18 heavy (non-hydrogen) atoms. The Morgan fingerprint density at radius 1 is 1.06 bits per heavy atom. The van der Waals surface area contributed by atoms with Crippen LogP contribution in [-0.4, -0.2) is 4.98 Å². The number of hydrogen-bond donors (Lipinski definition) is 0. The quantitative estimate of drug-likeness (QED) is 0.714. The van der Waals surface area contributed by atoms with Crippen LogP contribution < -0.4 is 0 Å². The van der Waals surface area contributed by atoms with E-state index in [4.69, 9.17) is 4.98 Å². The fourth-order valence-corrected chi connectivity index (χ4v) is 3.09. The Labute approximate surface area is 109 Å². The zero-order valence-corrected chi connectivity index (χ0v) is 11.1. The standard InChI is InChI=1S/C17H19N/c1-12-8-13(2)17-15(9-12)10-16(11-18-17)14-6-4-3-5-7-14/h3-7,10-13H,8-9H2,1-2H3. The first kappa shape index (κ1) is 11.5. The van der Waals surface area contributed by atoms with Gasteiger partial charge in [0, 0.05) is 17.5 Å². The number of fused-ring (bicyclic) bond motifs is 1. The highest BCUT2D eigenvalue weighted by Crippen LogP contribution is 2.34. The SMILES string of the molecule is CC1Cc2cc(-c3ccccc3)cnc2C(C)C1. The van der Waals surface area contributed by atoms with Crippen molar-refractivity contribution in [1.82, 2.24) is 4.98 Å². The highest BCUT2D eigenvalue weighted by Gasteiger charge is 2.22. The third-order valence-electron chi connectivity index (χ3n) is 3.90. The van der Waals surface area contributed by atoms with Crippen molar-refractivity contribution in [3.05, 3.63) is 53.9 Å². The number of pyridine rings is 1. The van der Waals surface area contributed by atoms with Crippen LogP contribution in [0.2, 0.25) is 0 Å². The Morgan fingerprint density at radius 2 is 1.83 bits per heavy atom. The van der Waals surface area contributed by atoms with Gasteiger partial charge in [0.1, 0.15) is 0 Å². The molecule has 0 saturated carbocycles. The van der Waals surface area contributed by atoms with Crippen molar-refractivity contribution in [3.8, 4) is 11.1 Å². The Kier molecular flexibility index (Phi) is 2.91. The maximum atomic E-state index is 4.71. The molecule has 1 aliphatic carbocycles. The van der Waals surface area contributed by atoms with Gasteiger partial charge < -0.3 is 0 Å². The molecular formula is C17H19N. The highest BCUT2D eigenvalue weighted by molar-refractivity contribution is 5.63. The van der Waals surface area contributed by atoms with Crippen molar-refractivity contribution in [1.29, 1.82) is 0 Å². The third-order valence-corrected chi connectivity index (χ3v) is 3.90. The van der Waals surface area contributed by atoms with Gasteiger partial charge in [0.25, 0.3) is 0 Å². The minimum Gasteiger partial charge on any atom is -0.260 e. The summed E-state index contributed by atoms with van der Waals surface area (Å²) in [6.45, 7) is 4.64. The van der Waals surface area contributed by atoms with E-state index in [9.17, 15) is 0 Å². The van der Waals surface area contributed by atoms with Gasteiger partial charge in [0.15, 0.2) is 0 Å². The lowest BCUT2D eigenvalue weighted by atomic mass is 9.81. The van der Waals surface area contributed by atoms with E-state index in [1.54, 1.807) is 0 Å². The summed E-state index contributed by atoms with van der Waals surface area (Å²) in [5.74, 6) is 1.38. The van der Waals surface area contributed by atoms with Crippen molar-refractivity contribution >= 4 is 0 Å². The van der Waals surface area contributed by atoms with Crippen molar-refractivity contribution < 1.29 is 0 Å². The second kappa shape index (κ2) is 4.56. The Bertz CT molecular complexity index is 545. The maximum Gasteiger partial charge on any atom is 0.0464 e. The molecule has 0 radical (unpaired) electrons. The molecule has 0 bridgehead atoms. The van der Waals surface area contributed by atoms with E-state index in [0.717, 1.165) is 5.92 Å². The molecule has 0 saturated heterocycles. The third kappa shape index (κ3) is 2.05. The molecular weight excluding hydrogens is 218 g/mol. The molecule has 1 aliphatic rings. The van der Waals surface area contributed by atoms with E-state index in [0.29, 0.717) is 5.92 Å². The van der Waals surface area contributed by atoms with E-state index >= 15 is 0 Å². The van der Waals surface area contributed by atoms with E-state index in [2.05, 4.69) is 50.2 Å². The molecule has 2 atom stereocenters. The predicted octanol–water partition coefficient (Wildman–Crippen LogP) is 4.43. The van der Waals surface area contributed by atoms with E-state index in [1.807, 2.05) is 6.20 Å². The summed E-state index contributed by atoms with van der Waals surface area (Å²) in [6, 6.07) is 12.9. The Balaban J connectivity index is 2.03. The molecule has 1 nitrogen and oxygen atoms in total. The van der Waals surface area contributed by atoms with Crippen molar-refractivity contribution in [2.75, 3.05) is 0 Å². The van der Waals surface area contributed by atoms with Gasteiger partial charge in [-0.15, -0.1) is 0 Å². The lowest BCUT2D eigenvalue weighted by Crippen LogP contribution is -2.16. The van der Waals surface area contributed by atoms with Crippen LogP contribution in [0.3, 0.4) is 0 Å². The number of nitrogens with zero attached hydrogens (tertiary/aromatic N) is 1. The zero-order valence-electron chi connectivity index (χ0n) is 11.1. The fourth-order valence-electron chi connectivity index (χ4n) is 3.09. The van der Waals surface area contributed by atoms with E-state index < -0.39 is 0 Å². The van der Waals surface area contributed by atoms with Gasteiger partial charge >= 0.3 is 0 Å². The van der Waals surface area contributed by atoms with Gasteiger partial charge in [-0.25, -0.2) is 0 Å². The molecule has 1 aromatic heterocycles. The van der Waals surface area contributed by atoms with Gasteiger partial charge in [-0.3, -0.25) is 4.98 Å². The molecule has 0 amide bonds. The Morgan fingerprint density at radius 3 is 2.61 bits per heavy atom. The van der Waals surface area contributed by atoms with Crippen LogP contribution in [0.15, 0.2) is 42.6 Å². The molecule has 3 rings (SSSR count). The summed E-state index contributed by atoms with van der Waals surface area (Å²) in [7, 11) is 0. The normalized spacial score (nSPS) is 22.6. The Hall–Kier alpha value is -1.63. The monoisotopic (exact) mass is 237 g/mol. The molecule has 92 valence electrons. The molecule has 2 aromatic rings. The smallest absolute Gasteiger partial charge is 0.0464 e. The fraction of sp³-hybridized carbons (Fsp3) is 0.353. The van der Waals surface area contributed by atoms with Crippen molar-refractivity contribution in [3.63, 3.8) is 0 Å². The maximum absolute atomic E-state index is 4.71. The van der Waals surface area contributed by atoms with Crippen molar-refractivity contribution in [2.45, 2.75) is 32.6 Å². The molecule has 1 heterocycles. The lowest BCUT2D eigenvalue weighted by Gasteiger charge is -2.26. The van der Waals surface area contributed by atoms with Gasteiger partial charge in [0.2, 0.25) is 0 Å². The van der Waals surface area contributed by atoms with E-state index in [-0.39, 0.29) is 0 Å². The van der Waals surface area contributed by atoms with Gasteiger partial charge in [-0.05, 0) is 41.9 Å². The first-order chi connectivity index (χ1) is 8.74. The number of rotatable bonds is 1. The minimum absolute atomic E-state index is 0.605. The van der Waals surface area contributed by atoms with Crippen LogP contribution in [0.1, 0.15) is 37.4 Å². The number of benzene rings is 1. The molecule has 0 aliphatic heterocycles. The largest absolute Gasteiger partial charge is 0.260 e. The van der Waals surface area contributed by atoms with Gasteiger partial charge in [0.05, 0.1) is 0 Å². The zero-order chi connectivity index (χ0) is 12.5. The van der Waals surface area contributed by atoms with Crippen LogP contribution in [0.25, 0.3) is 11.1 Å². The number of hydrogen-bond acceptors (Lipinski definition) is 1. The first-order valence-electron chi connectivity index (χ1n) is 6.78. The highest BCUT2D eigenvalue weighted by atomic mass is 14.7. The molecule has 0 N–H and O–H groups in total. The number of aromatic nitrogens is 1. The van der Waals surface area contributed by atoms with Crippen LogP contribution in [0.5, 0.6) is 0 Å². The summed E-state index contributed by atoms with van der Waals surface area (Å²) in [5, 5.41) is 0. The summed E-state index contributed by atoms with van der Waals surface area (Å²) in [4.78, 5) is 4.71. The lowest BCUT2D eigenvalue weighted by molar-refractivity contribution is 0.441. The molecule has 0 fully saturated rings. The average molecular weight is 237 g/mol. The van der Waals surface area contributed by atoms with Gasteiger partial charge in [-0.1, -0.05) is 44.2 Å². The second-order valence-electron chi connectivity index (χ2n) is 5.58.